The minimum absolute atomic E-state index is 0.196. The van der Waals surface area contributed by atoms with E-state index >= 15 is 0 Å². The minimum atomic E-state index is -0.265. The van der Waals surface area contributed by atoms with Crippen LogP contribution in [0, 0.1) is 5.82 Å². The molecule has 2 nitrogen and oxygen atoms in total. The lowest BCUT2D eigenvalue weighted by Gasteiger charge is -2.37. The van der Waals surface area contributed by atoms with Crippen molar-refractivity contribution in [3.63, 3.8) is 0 Å². The van der Waals surface area contributed by atoms with Gasteiger partial charge in [0, 0.05) is 30.4 Å². The average Bonchev–Trinajstić information content (AvgIpc) is 2.13. The van der Waals surface area contributed by atoms with E-state index < -0.39 is 0 Å². The maximum absolute atomic E-state index is 13.7. The van der Waals surface area contributed by atoms with Gasteiger partial charge in [-0.2, -0.15) is 0 Å². The third kappa shape index (κ3) is 1.92. The Morgan fingerprint density at radius 2 is 2.12 bits per heavy atom. The van der Waals surface area contributed by atoms with E-state index in [9.17, 15) is 4.39 Å². The molecule has 0 saturated heterocycles. The zero-order chi connectivity index (χ0) is 11.7. The summed E-state index contributed by atoms with van der Waals surface area (Å²) in [7, 11) is 2.03. The fourth-order valence-electron chi connectivity index (χ4n) is 2.25. The molecule has 0 bridgehead atoms. The summed E-state index contributed by atoms with van der Waals surface area (Å²) >= 11 is 0. The van der Waals surface area contributed by atoms with Crippen molar-refractivity contribution in [3.8, 4) is 0 Å². The van der Waals surface area contributed by atoms with Gasteiger partial charge in [0.25, 0.3) is 0 Å². The summed E-state index contributed by atoms with van der Waals surface area (Å²) < 4.78 is 13.7. The number of hydrogen-bond acceptors (Lipinski definition) is 2. The van der Waals surface area contributed by atoms with Crippen molar-refractivity contribution in [1.29, 1.82) is 0 Å². The van der Waals surface area contributed by atoms with Crippen LogP contribution < -0.4 is 10.6 Å². The Morgan fingerprint density at radius 3 is 2.62 bits per heavy atom. The van der Waals surface area contributed by atoms with Crippen LogP contribution in [0.25, 0.3) is 0 Å². The smallest absolute Gasteiger partial charge is 0.130 e. The predicted octanol–water partition coefficient (Wildman–Crippen LogP) is 2.83. The van der Waals surface area contributed by atoms with Crippen LogP contribution in [0.4, 0.5) is 10.1 Å². The molecule has 3 heteroatoms. The number of halogens is 1. The van der Waals surface area contributed by atoms with E-state index in [1.165, 1.54) is 25.3 Å². The van der Waals surface area contributed by atoms with Gasteiger partial charge in [0.1, 0.15) is 5.82 Å². The third-order valence-corrected chi connectivity index (χ3v) is 3.49. The molecule has 0 aliphatic heterocycles. The Morgan fingerprint density at radius 1 is 1.44 bits per heavy atom. The molecule has 1 aliphatic rings. The molecular weight excluding hydrogens is 203 g/mol. The normalized spacial score (nSPS) is 18.0. The van der Waals surface area contributed by atoms with Gasteiger partial charge >= 0.3 is 0 Å². The Bertz CT molecular complexity index is 372. The predicted molar refractivity (Wildman–Crippen MR) is 65.0 cm³/mol. The van der Waals surface area contributed by atoms with Gasteiger partial charge < -0.3 is 10.6 Å². The molecule has 1 saturated carbocycles. The zero-order valence-corrected chi connectivity index (χ0v) is 9.91. The highest BCUT2D eigenvalue weighted by Crippen LogP contribution is 2.33. The summed E-state index contributed by atoms with van der Waals surface area (Å²) in [5.74, 6) is -0.196. The lowest BCUT2D eigenvalue weighted by molar-refractivity contribution is 0.399. The van der Waals surface area contributed by atoms with Gasteiger partial charge in [-0.25, -0.2) is 4.39 Å². The molecule has 16 heavy (non-hydrogen) atoms. The van der Waals surface area contributed by atoms with Crippen molar-refractivity contribution >= 4 is 5.69 Å². The zero-order valence-electron chi connectivity index (χ0n) is 9.91. The Labute approximate surface area is 96.2 Å². The van der Waals surface area contributed by atoms with Gasteiger partial charge in [-0.3, -0.25) is 0 Å². The van der Waals surface area contributed by atoms with Gasteiger partial charge in [0.2, 0.25) is 0 Å². The number of nitrogens with zero attached hydrogens (tertiary/aromatic N) is 1. The van der Waals surface area contributed by atoms with Gasteiger partial charge in [0.15, 0.2) is 0 Å². The monoisotopic (exact) mass is 222 g/mol. The van der Waals surface area contributed by atoms with Crippen LogP contribution in [0.2, 0.25) is 0 Å². The Hall–Kier alpha value is -1.09. The van der Waals surface area contributed by atoms with Crippen LogP contribution in [-0.4, -0.2) is 13.1 Å². The van der Waals surface area contributed by atoms with Crippen LogP contribution in [-0.2, 0) is 0 Å². The summed E-state index contributed by atoms with van der Waals surface area (Å²) in [4.78, 5) is 2.17. The number of hydrogen-bond donors (Lipinski definition) is 1. The fraction of sp³-hybridized carbons (Fsp3) is 0.538. The Kier molecular flexibility index (Phi) is 3.15. The summed E-state index contributed by atoms with van der Waals surface area (Å²) in [5.41, 5.74) is 7.43. The first-order valence-electron chi connectivity index (χ1n) is 5.88. The largest absolute Gasteiger partial charge is 0.371 e. The van der Waals surface area contributed by atoms with E-state index in [4.69, 9.17) is 5.73 Å². The maximum atomic E-state index is 13.7. The summed E-state index contributed by atoms with van der Waals surface area (Å²) in [5, 5.41) is 0. The molecule has 0 spiro atoms. The van der Waals surface area contributed by atoms with E-state index in [0.717, 1.165) is 5.69 Å². The highest BCUT2D eigenvalue weighted by atomic mass is 19.1. The molecule has 0 radical (unpaired) electrons. The van der Waals surface area contributed by atoms with Gasteiger partial charge in [-0.15, -0.1) is 0 Å². The molecule has 0 unspecified atom stereocenters. The molecule has 2 N–H and O–H groups in total. The second-order valence-electron chi connectivity index (χ2n) is 4.66. The number of rotatable bonds is 3. The third-order valence-electron chi connectivity index (χ3n) is 3.49. The molecule has 1 fully saturated rings. The number of nitrogens with two attached hydrogens (primary N) is 1. The highest BCUT2D eigenvalue weighted by molar-refractivity contribution is 5.56. The minimum Gasteiger partial charge on any atom is -0.371 e. The van der Waals surface area contributed by atoms with Gasteiger partial charge in [-0.05, 0) is 38.3 Å². The van der Waals surface area contributed by atoms with Crippen molar-refractivity contribution in [2.75, 3.05) is 11.9 Å². The Balaban J connectivity index is 2.34. The van der Waals surface area contributed by atoms with E-state index in [2.05, 4.69) is 4.90 Å². The standard InChI is InChI=1S/C13H19FN2/c1-9(15)13-11(14)7-4-8-12(13)16(2)10-5-3-6-10/h4,7-10H,3,5-6,15H2,1-2H3/t9-/m0/s1. The molecule has 0 amide bonds. The lowest BCUT2D eigenvalue weighted by atomic mass is 9.90. The molecule has 1 aromatic carbocycles. The lowest BCUT2D eigenvalue weighted by Crippen LogP contribution is -2.38. The quantitative estimate of drug-likeness (QED) is 0.852. The summed E-state index contributed by atoms with van der Waals surface area (Å²) in [6.45, 7) is 1.83. The van der Waals surface area contributed by atoms with Crippen LogP contribution in [0.5, 0.6) is 0 Å². The van der Waals surface area contributed by atoms with E-state index in [-0.39, 0.29) is 11.9 Å². The van der Waals surface area contributed by atoms with Crippen LogP contribution in [0.15, 0.2) is 18.2 Å². The van der Waals surface area contributed by atoms with Gasteiger partial charge in [-0.1, -0.05) is 6.07 Å². The fourth-order valence-corrected chi connectivity index (χ4v) is 2.25. The molecule has 88 valence electrons. The van der Waals surface area contributed by atoms with E-state index in [1.807, 2.05) is 20.0 Å². The maximum Gasteiger partial charge on any atom is 0.130 e. The van der Waals surface area contributed by atoms with Crippen LogP contribution in [0.3, 0.4) is 0 Å². The molecule has 2 rings (SSSR count). The van der Waals surface area contributed by atoms with E-state index in [0.29, 0.717) is 11.6 Å². The van der Waals surface area contributed by atoms with Crippen molar-refractivity contribution in [3.05, 3.63) is 29.6 Å². The van der Waals surface area contributed by atoms with Crippen LogP contribution in [0.1, 0.15) is 37.8 Å². The van der Waals surface area contributed by atoms with Crippen molar-refractivity contribution in [1.82, 2.24) is 0 Å². The molecule has 1 aromatic rings. The number of benzene rings is 1. The van der Waals surface area contributed by atoms with Crippen molar-refractivity contribution in [2.24, 2.45) is 5.73 Å². The molecule has 1 aliphatic carbocycles. The first-order chi connectivity index (χ1) is 7.61. The SMILES string of the molecule is C[C@H](N)c1c(F)cccc1N(C)C1CCC1. The molecule has 1 atom stereocenters. The molecular formula is C13H19FN2. The summed E-state index contributed by atoms with van der Waals surface area (Å²) in [6.07, 6.45) is 3.68. The average molecular weight is 222 g/mol. The first kappa shape index (κ1) is 11.4. The van der Waals surface area contributed by atoms with Gasteiger partial charge in [0.05, 0.1) is 0 Å². The topological polar surface area (TPSA) is 29.3 Å². The molecule has 0 aromatic heterocycles. The second-order valence-corrected chi connectivity index (χ2v) is 4.66. The van der Waals surface area contributed by atoms with Crippen molar-refractivity contribution < 1.29 is 4.39 Å². The second kappa shape index (κ2) is 4.42. The highest BCUT2D eigenvalue weighted by Gasteiger charge is 2.25. The molecule has 0 heterocycles. The summed E-state index contributed by atoms with van der Waals surface area (Å²) in [6, 6.07) is 5.49. The first-order valence-corrected chi connectivity index (χ1v) is 5.88. The van der Waals surface area contributed by atoms with E-state index in [1.54, 1.807) is 6.07 Å². The van der Waals surface area contributed by atoms with Crippen molar-refractivity contribution in [2.45, 2.75) is 38.3 Å². The number of anilines is 1. The van der Waals surface area contributed by atoms with Crippen LogP contribution >= 0.6 is 0 Å².